The van der Waals surface area contributed by atoms with E-state index in [9.17, 15) is 4.79 Å². The normalized spacial score (nSPS) is 26.3. The number of hydrogen-bond acceptors (Lipinski definition) is 4. The van der Waals surface area contributed by atoms with E-state index in [-0.39, 0.29) is 10.4 Å². The highest BCUT2D eigenvalue weighted by Gasteiger charge is 2.46. The lowest BCUT2D eigenvalue weighted by molar-refractivity contribution is -0.113. The number of thioether (sulfide) groups is 1. The molecule has 3 nitrogen and oxygen atoms in total. The zero-order valence-electron chi connectivity index (χ0n) is 13.0. The van der Waals surface area contributed by atoms with E-state index in [2.05, 4.69) is 44.4 Å². The molecule has 0 aromatic carbocycles. The first-order chi connectivity index (χ1) is 8.74. The highest BCUT2D eigenvalue weighted by molar-refractivity contribution is 8.14. The van der Waals surface area contributed by atoms with Gasteiger partial charge in [-0.05, 0) is 47.5 Å². The van der Waals surface area contributed by atoms with Crippen LogP contribution in [0.4, 0.5) is 0 Å². The Morgan fingerprint density at radius 1 is 1.16 bits per heavy atom. The number of hydrogen-bond donors (Lipinski definition) is 0. The predicted octanol–water partition coefficient (Wildman–Crippen LogP) is 2.95. The monoisotopic (exact) mass is 284 g/mol. The van der Waals surface area contributed by atoms with Crippen molar-refractivity contribution in [2.45, 2.75) is 70.3 Å². The van der Waals surface area contributed by atoms with Gasteiger partial charge in [0.1, 0.15) is 0 Å². The molecule has 1 spiro atoms. The second kappa shape index (κ2) is 5.38. The molecule has 2 saturated heterocycles. The molecule has 0 N–H and O–H groups in total. The lowest BCUT2D eigenvalue weighted by Crippen LogP contribution is -2.60. The largest absolute Gasteiger partial charge is 0.298 e. The fourth-order valence-corrected chi connectivity index (χ4v) is 4.81. The molecule has 2 heterocycles. The highest BCUT2D eigenvalue weighted by Crippen LogP contribution is 2.45. The third-order valence-electron chi connectivity index (χ3n) is 4.50. The van der Waals surface area contributed by atoms with Crippen LogP contribution in [0.25, 0.3) is 0 Å². The summed E-state index contributed by atoms with van der Waals surface area (Å²) < 4.78 is 0. The molecular formula is C15H28N2OS. The number of nitrogens with zero attached hydrogens (tertiary/aromatic N) is 2. The number of likely N-dealkylation sites (tertiary alicyclic amines) is 1. The summed E-state index contributed by atoms with van der Waals surface area (Å²) in [5, 5.41) is 0.390. The minimum absolute atomic E-state index is 0.0747. The molecule has 110 valence electrons. The fraction of sp³-hybridized carbons (Fsp3) is 0.933. The summed E-state index contributed by atoms with van der Waals surface area (Å²) in [6.45, 7) is 14.5. The first kappa shape index (κ1) is 15.3. The van der Waals surface area contributed by atoms with Crippen molar-refractivity contribution in [3.63, 3.8) is 0 Å². The van der Waals surface area contributed by atoms with Crippen LogP contribution in [0.2, 0.25) is 0 Å². The maximum atomic E-state index is 11.9. The van der Waals surface area contributed by atoms with Crippen molar-refractivity contribution in [2.75, 3.05) is 19.6 Å². The van der Waals surface area contributed by atoms with E-state index >= 15 is 0 Å². The molecular weight excluding hydrogens is 256 g/mol. The average molecular weight is 284 g/mol. The van der Waals surface area contributed by atoms with Crippen LogP contribution in [0.1, 0.15) is 53.9 Å². The number of carbonyl (C=O) groups is 1. The molecule has 0 atom stereocenters. The minimum Gasteiger partial charge on any atom is -0.298 e. The van der Waals surface area contributed by atoms with Gasteiger partial charge in [0.05, 0.1) is 4.87 Å². The van der Waals surface area contributed by atoms with Gasteiger partial charge in [0.25, 0.3) is 0 Å². The molecule has 2 aliphatic heterocycles. The topological polar surface area (TPSA) is 23.6 Å². The Kier molecular flexibility index (Phi) is 4.34. The molecule has 0 aromatic heterocycles. The van der Waals surface area contributed by atoms with E-state index < -0.39 is 0 Å². The summed E-state index contributed by atoms with van der Waals surface area (Å²) in [7, 11) is 0. The molecule has 0 radical (unpaired) electrons. The third kappa shape index (κ3) is 3.17. The fourth-order valence-electron chi connectivity index (χ4n) is 3.38. The third-order valence-corrected chi connectivity index (χ3v) is 5.96. The highest BCUT2D eigenvalue weighted by atomic mass is 32.2. The first-order valence-corrected chi connectivity index (χ1v) is 8.30. The van der Waals surface area contributed by atoms with Gasteiger partial charge in [-0.3, -0.25) is 14.6 Å². The molecule has 2 fully saturated rings. The van der Waals surface area contributed by atoms with Gasteiger partial charge in [0.2, 0.25) is 0 Å². The van der Waals surface area contributed by atoms with Crippen molar-refractivity contribution >= 4 is 16.9 Å². The Labute approximate surface area is 122 Å². The molecule has 4 heteroatoms. The van der Waals surface area contributed by atoms with E-state index in [1.807, 2.05) is 0 Å². The molecule has 2 aliphatic rings. The molecule has 19 heavy (non-hydrogen) atoms. The van der Waals surface area contributed by atoms with Gasteiger partial charge in [-0.1, -0.05) is 11.8 Å². The molecule has 0 aliphatic carbocycles. The van der Waals surface area contributed by atoms with Crippen LogP contribution >= 0.6 is 11.8 Å². The van der Waals surface area contributed by atoms with Crippen molar-refractivity contribution in [3.8, 4) is 0 Å². The van der Waals surface area contributed by atoms with Crippen LogP contribution in [0.15, 0.2) is 0 Å². The Morgan fingerprint density at radius 2 is 1.74 bits per heavy atom. The van der Waals surface area contributed by atoms with Crippen molar-refractivity contribution in [3.05, 3.63) is 0 Å². The number of rotatable bonds is 1. The lowest BCUT2D eigenvalue weighted by Gasteiger charge is -2.53. The van der Waals surface area contributed by atoms with Gasteiger partial charge >= 0.3 is 0 Å². The Hall–Kier alpha value is -0.0600. The Morgan fingerprint density at radius 3 is 2.21 bits per heavy atom. The van der Waals surface area contributed by atoms with E-state index in [1.54, 1.807) is 11.8 Å². The summed E-state index contributed by atoms with van der Waals surface area (Å²) in [5.74, 6) is 0. The van der Waals surface area contributed by atoms with E-state index in [1.165, 1.54) is 0 Å². The molecule has 0 unspecified atom stereocenters. The second-order valence-electron chi connectivity index (χ2n) is 7.12. The van der Waals surface area contributed by atoms with Gasteiger partial charge in [0.15, 0.2) is 5.12 Å². The standard InChI is InChI=1S/C15H28N2OS/c1-12(2)17-9-6-13(18)19-15(17)7-10-16(11-8-15)14(3,4)5/h12H,6-11H2,1-5H3. The summed E-state index contributed by atoms with van der Waals surface area (Å²) >= 11 is 1.62. The van der Waals surface area contributed by atoms with E-state index in [0.717, 1.165) is 32.5 Å². The van der Waals surface area contributed by atoms with E-state index in [0.29, 0.717) is 17.6 Å². The zero-order valence-corrected chi connectivity index (χ0v) is 13.8. The molecule has 0 bridgehead atoms. The van der Waals surface area contributed by atoms with Crippen LogP contribution in [0, 0.1) is 0 Å². The minimum atomic E-state index is 0.0747. The molecule has 2 rings (SSSR count). The van der Waals surface area contributed by atoms with Gasteiger partial charge in [0, 0.05) is 37.6 Å². The number of piperidine rings is 1. The van der Waals surface area contributed by atoms with Crippen LogP contribution in [-0.4, -0.2) is 51.0 Å². The van der Waals surface area contributed by atoms with Gasteiger partial charge in [-0.15, -0.1) is 0 Å². The van der Waals surface area contributed by atoms with Crippen molar-refractivity contribution in [2.24, 2.45) is 0 Å². The van der Waals surface area contributed by atoms with Crippen molar-refractivity contribution in [1.82, 2.24) is 9.80 Å². The van der Waals surface area contributed by atoms with Gasteiger partial charge in [-0.25, -0.2) is 0 Å². The van der Waals surface area contributed by atoms with Gasteiger partial charge < -0.3 is 0 Å². The SMILES string of the molecule is CC(C)N1CCC(=O)SC12CCN(C(C)(C)C)CC2. The van der Waals surface area contributed by atoms with Crippen molar-refractivity contribution < 1.29 is 4.79 Å². The maximum absolute atomic E-state index is 11.9. The Balaban J connectivity index is 2.11. The average Bonchev–Trinajstić information content (AvgIpc) is 2.27. The summed E-state index contributed by atoms with van der Waals surface area (Å²) in [4.78, 5) is 17.1. The van der Waals surface area contributed by atoms with Crippen molar-refractivity contribution in [1.29, 1.82) is 0 Å². The molecule has 0 saturated carbocycles. The summed E-state index contributed by atoms with van der Waals surface area (Å²) in [5.41, 5.74) is 0.244. The summed E-state index contributed by atoms with van der Waals surface area (Å²) in [6, 6.07) is 0.529. The first-order valence-electron chi connectivity index (χ1n) is 7.48. The molecule has 0 amide bonds. The smallest absolute Gasteiger partial charge is 0.192 e. The Bertz CT molecular complexity index is 341. The van der Waals surface area contributed by atoms with Gasteiger partial charge in [-0.2, -0.15) is 0 Å². The molecule has 0 aromatic rings. The number of carbonyl (C=O) groups excluding carboxylic acids is 1. The lowest BCUT2D eigenvalue weighted by atomic mass is 9.95. The maximum Gasteiger partial charge on any atom is 0.192 e. The quantitative estimate of drug-likeness (QED) is 0.738. The van der Waals surface area contributed by atoms with Crippen LogP contribution in [0.3, 0.4) is 0 Å². The predicted molar refractivity (Wildman–Crippen MR) is 82.3 cm³/mol. The zero-order chi connectivity index (χ0) is 14.3. The van der Waals surface area contributed by atoms with Crippen LogP contribution < -0.4 is 0 Å². The van der Waals surface area contributed by atoms with E-state index in [4.69, 9.17) is 0 Å². The van der Waals surface area contributed by atoms with Crippen LogP contribution in [0.5, 0.6) is 0 Å². The summed E-state index contributed by atoms with van der Waals surface area (Å²) in [6.07, 6.45) is 2.94. The van der Waals surface area contributed by atoms with Crippen LogP contribution in [-0.2, 0) is 4.79 Å². The second-order valence-corrected chi connectivity index (χ2v) is 8.53.